The molecule has 0 saturated heterocycles. The topological polar surface area (TPSA) is 38.3 Å². The molecule has 112 valence electrons. The van der Waals surface area contributed by atoms with Gasteiger partial charge in [-0.25, -0.2) is 0 Å². The highest BCUT2D eigenvalue weighted by Crippen LogP contribution is 2.17. The van der Waals surface area contributed by atoms with Crippen molar-refractivity contribution in [3.8, 4) is 5.75 Å². The second-order valence-electron chi connectivity index (χ2n) is 5.55. The lowest BCUT2D eigenvalue weighted by atomic mass is 10.1. The van der Waals surface area contributed by atoms with Gasteiger partial charge in [-0.15, -0.1) is 11.8 Å². The van der Waals surface area contributed by atoms with Crippen LogP contribution in [0.15, 0.2) is 24.3 Å². The molecule has 0 aliphatic carbocycles. The maximum Gasteiger partial charge on any atom is 0.233 e. The average Bonchev–Trinajstić information content (AvgIpc) is 2.34. The Bertz CT molecular complexity index is 428. The highest BCUT2D eigenvalue weighted by Gasteiger charge is 2.19. The van der Waals surface area contributed by atoms with Gasteiger partial charge in [0.05, 0.1) is 11.9 Å². The van der Waals surface area contributed by atoms with Gasteiger partial charge in [0.2, 0.25) is 5.91 Å². The molecule has 0 unspecified atom stereocenters. The Morgan fingerprint density at radius 2 is 1.95 bits per heavy atom. The van der Waals surface area contributed by atoms with Crippen LogP contribution in [0.25, 0.3) is 0 Å². The molecular weight excluding hydrogens is 294 g/mol. The number of halogens is 1. The molecular formula is C15H22ClNO2S. The maximum atomic E-state index is 11.9. The maximum absolute atomic E-state index is 11.9. The summed E-state index contributed by atoms with van der Waals surface area (Å²) in [4.78, 5) is 11.9. The van der Waals surface area contributed by atoms with E-state index < -0.39 is 0 Å². The molecule has 0 saturated carbocycles. The molecule has 0 aromatic heterocycles. The first-order chi connectivity index (χ1) is 9.28. The molecule has 1 amide bonds. The summed E-state index contributed by atoms with van der Waals surface area (Å²) in [5, 5.41) is 3.58. The highest BCUT2D eigenvalue weighted by atomic mass is 35.5. The van der Waals surface area contributed by atoms with E-state index in [9.17, 15) is 4.79 Å². The number of amides is 1. The molecule has 0 spiro atoms. The smallest absolute Gasteiger partial charge is 0.233 e. The molecule has 1 N–H and O–H groups in total. The first-order valence-electron chi connectivity index (χ1n) is 6.60. The van der Waals surface area contributed by atoms with Gasteiger partial charge in [-0.05, 0) is 52.0 Å². The normalized spacial score (nSPS) is 12.8. The lowest BCUT2D eigenvalue weighted by molar-refractivity contribution is -0.121. The van der Waals surface area contributed by atoms with Crippen LogP contribution in [-0.2, 0) is 4.79 Å². The van der Waals surface area contributed by atoms with Crippen LogP contribution in [-0.4, -0.2) is 29.1 Å². The quantitative estimate of drug-likeness (QED) is 0.812. The van der Waals surface area contributed by atoms with Crippen LogP contribution >= 0.6 is 23.4 Å². The lowest BCUT2D eigenvalue weighted by Crippen LogP contribution is -2.44. The Hall–Kier alpha value is -0.870. The Morgan fingerprint density at radius 3 is 2.50 bits per heavy atom. The van der Waals surface area contributed by atoms with E-state index in [2.05, 4.69) is 5.32 Å². The van der Waals surface area contributed by atoms with Crippen molar-refractivity contribution in [2.45, 2.75) is 38.5 Å². The van der Waals surface area contributed by atoms with E-state index in [4.69, 9.17) is 16.3 Å². The van der Waals surface area contributed by atoms with Gasteiger partial charge in [0.15, 0.2) is 0 Å². The monoisotopic (exact) mass is 315 g/mol. The van der Waals surface area contributed by atoms with Crippen molar-refractivity contribution >= 4 is 29.3 Å². The summed E-state index contributed by atoms with van der Waals surface area (Å²) < 4.78 is 5.58. The van der Waals surface area contributed by atoms with Crippen LogP contribution in [0.1, 0.15) is 27.7 Å². The fraction of sp³-hybridized carbons (Fsp3) is 0.533. The molecule has 20 heavy (non-hydrogen) atoms. The summed E-state index contributed by atoms with van der Waals surface area (Å²) in [5.41, 5.74) is -0.189. The molecule has 0 aliphatic heterocycles. The van der Waals surface area contributed by atoms with Crippen molar-refractivity contribution in [1.82, 2.24) is 5.32 Å². The highest BCUT2D eigenvalue weighted by molar-refractivity contribution is 8.00. The van der Waals surface area contributed by atoms with E-state index >= 15 is 0 Å². The van der Waals surface area contributed by atoms with Crippen molar-refractivity contribution in [2.24, 2.45) is 0 Å². The lowest BCUT2D eigenvalue weighted by Gasteiger charge is -2.23. The van der Waals surface area contributed by atoms with Gasteiger partial charge >= 0.3 is 0 Å². The van der Waals surface area contributed by atoms with E-state index in [1.54, 1.807) is 23.9 Å². The second kappa shape index (κ2) is 7.79. The van der Waals surface area contributed by atoms with E-state index in [1.807, 2.05) is 39.8 Å². The minimum atomic E-state index is -0.189. The van der Waals surface area contributed by atoms with Crippen LogP contribution < -0.4 is 10.1 Å². The standard InChI is InChI=1S/C15H22ClNO2S/c1-11(14(18)17-15(2,3)4)20-10-9-19-13-7-5-12(16)6-8-13/h5-8,11H,9-10H2,1-4H3,(H,17,18)/t11-/m1/s1. The first kappa shape index (κ1) is 17.2. The number of thioether (sulfide) groups is 1. The van der Waals surface area contributed by atoms with Gasteiger partial charge in [0.1, 0.15) is 5.75 Å². The summed E-state index contributed by atoms with van der Waals surface area (Å²) in [6, 6.07) is 7.26. The molecule has 0 aliphatic rings. The average molecular weight is 316 g/mol. The number of carbonyl (C=O) groups excluding carboxylic acids is 1. The fourth-order valence-electron chi connectivity index (χ4n) is 1.46. The van der Waals surface area contributed by atoms with Gasteiger partial charge in [-0.1, -0.05) is 11.6 Å². The number of ether oxygens (including phenoxy) is 1. The largest absolute Gasteiger partial charge is 0.493 e. The van der Waals surface area contributed by atoms with Gasteiger partial charge < -0.3 is 10.1 Å². The third kappa shape index (κ3) is 7.06. The van der Waals surface area contributed by atoms with Gasteiger partial charge in [0.25, 0.3) is 0 Å². The molecule has 1 aromatic carbocycles. The van der Waals surface area contributed by atoms with Crippen molar-refractivity contribution in [3.63, 3.8) is 0 Å². The number of carbonyl (C=O) groups is 1. The Labute approximate surface area is 130 Å². The van der Waals surface area contributed by atoms with E-state index in [0.29, 0.717) is 11.6 Å². The first-order valence-corrected chi connectivity index (χ1v) is 8.02. The van der Waals surface area contributed by atoms with Crippen LogP contribution in [0.4, 0.5) is 0 Å². The number of hydrogen-bond donors (Lipinski definition) is 1. The van der Waals surface area contributed by atoms with E-state index in [0.717, 1.165) is 11.5 Å². The third-order valence-corrected chi connectivity index (χ3v) is 3.77. The molecule has 5 heteroatoms. The molecule has 0 heterocycles. The van der Waals surface area contributed by atoms with E-state index in [-0.39, 0.29) is 16.7 Å². The minimum Gasteiger partial charge on any atom is -0.493 e. The van der Waals surface area contributed by atoms with Crippen LogP contribution in [0.5, 0.6) is 5.75 Å². The predicted octanol–water partition coefficient (Wildman–Crippen LogP) is 3.76. The van der Waals surface area contributed by atoms with Gasteiger partial charge in [0, 0.05) is 16.3 Å². The van der Waals surface area contributed by atoms with E-state index in [1.165, 1.54) is 0 Å². The van der Waals surface area contributed by atoms with Crippen LogP contribution in [0.3, 0.4) is 0 Å². The molecule has 1 atom stereocenters. The third-order valence-electron chi connectivity index (χ3n) is 2.40. The summed E-state index contributed by atoms with van der Waals surface area (Å²) in [6.45, 7) is 8.41. The number of hydrogen-bond acceptors (Lipinski definition) is 3. The fourth-order valence-corrected chi connectivity index (χ4v) is 2.33. The summed E-state index contributed by atoms with van der Waals surface area (Å²) in [5.74, 6) is 1.62. The van der Waals surface area contributed by atoms with Crippen LogP contribution in [0, 0.1) is 0 Å². The number of rotatable bonds is 6. The Kier molecular flexibility index (Phi) is 6.69. The number of nitrogens with one attached hydrogen (secondary N) is 1. The van der Waals surface area contributed by atoms with Crippen molar-refractivity contribution in [3.05, 3.63) is 29.3 Å². The summed E-state index contributed by atoms with van der Waals surface area (Å²) in [7, 11) is 0. The van der Waals surface area contributed by atoms with Gasteiger partial charge in [-0.2, -0.15) is 0 Å². The summed E-state index contributed by atoms with van der Waals surface area (Å²) in [6.07, 6.45) is 0. The molecule has 0 bridgehead atoms. The van der Waals surface area contributed by atoms with Crippen LogP contribution in [0.2, 0.25) is 5.02 Å². The minimum absolute atomic E-state index is 0.0639. The van der Waals surface area contributed by atoms with Crippen molar-refractivity contribution < 1.29 is 9.53 Å². The molecule has 1 rings (SSSR count). The zero-order valence-corrected chi connectivity index (χ0v) is 14.0. The molecule has 0 radical (unpaired) electrons. The second-order valence-corrected chi connectivity index (χ2v) is 7.44. The van der Waals surface area contributed by atoms with Crippen molar-refractivity contribution in [2.75, 3.05) is 12.4 Å². The van der Waals surface area contributed by atoms with Gasteiger partial charge in [-0.3, -0.25) is 4.79 Å². The molecule has 1 aromatic rings. The Morgan fingerprint density at radius 1 is 1.35 bits per heavy atom. The molecule has 0 fully saturated rings. The zero-order chi connectivity index (χ0) is 15.2. The Balaban J connectivity index is 2.23. The SMILES string of the molecule is C[C@@H](SCCOc1ccc(Cl)cc1)C(=O)NC(C)(C)C. The predicted molar refractivity (Wildman–Crippen MR) is 86.8 cm³/mol. The summed E-state index contributed by atoms with van der Waals surface area (Å²) >= 11 is 7.38. The zero-order valence-electron chi connectivity index (χ0n) is 12.4. The van der Waals surface area contributed by atoms with Crippen molar-refractivity contribution in [1.29, 1.82) is 0 Å². The number of benzene rings is 1. The molecule has 3 nitrogen and oxygen atoms in total.